The van der Waals surface area contributed by atoms with Gasteiger partial charge in [-0.3, -0.25) is 4.79 Å². The third kappa shape index (κ3) is 5.50. The van der Waals surface area contributed by atoms with Gasteiger partial charge in [0.1, 0.15) is 5.82 Å². The van der Waals surface area contributed by atoms with Crippen molar-refractivity contribution in [2.75, 3.05) is 51.9 Å². The van der Waals surface area contributed by atoms with Crippen LogP contribution in [0.1, 0.15) is 5.56 Å². The number of methoxy groups -OCH3 is 2. The van der Waals surface area contributed by atoms with Crippen molar-refractivity contribution in [2.45, 2.75) is 0 Å². The molecule has 0 unspecified atom stereocenters. The fourth-order valence-corrected chi connectivity index (χ4v) is 3.10. The fourth-order valence-electron chi connectivity index (χ4n) is 3.10. The van der Waals surface area contributed by atoms with E-state index in [4.69, 9.17) is 9.47 Å². The van der Waals surface area contributed by atoms with Gasteiger partial charge in [-0.1, -0.05) is 12.1 Å². The minimum absolute atomic E-state index is 0.0721. The SMILES string of the molecule is COC(=O)/C=C/c1ccc(OCC(=O)N2CCN(c3ccccn3)CC2)c(OC)c1. The Morgan fingerprint density at radius 2 is 1.87 bits per heavy atom. The maximum absolute atomic E-state index is 12.6. The van der Waals surface area contributed by atoms with Gasteiger partial charge in [0.15, 0.2) is 18.1 Å². The lowest BCUT2D eigenvalue weighted by Crippen LogP contribution is -2.50. The molecule has 2 aromatic rings. The number of hydrogen-bond donors (Lipinski definition) is 0. The highest BCUT2D eigenvalue weighted by molar-refractivity contribution is 5.87. The standard InChI is InChI=1S/C22H25N3O5/c1-28-19-15-17(7-9-22(27)29-2)6-8-18(19)30-16-21(26)25-13-11-24(12-14-25)20-5-3-4-10-23-20/h3-10,15H,11-14,16H2,1-2H3/b9-7+. The third-order valence-electron chi connectivity index (χ3n) is 4.76. The molecular formula is C22H25N3O5. The molecule has 0 aliphatic carbocycles. The van der Waals surface area contributed by atoms with Crippen LogP contribution in [0.25, 0.3) is 6.08 Å². The molecule has 8 nitrogen and oxygen atoms in total. The summed E-state index contributed by atoms with van der Waals surface area (Å²) in [6, 6.07) is 11.0. The average Bonchev–Trinajstić information content (AvgIpc) is 2.81. The first-order chi connectivity index (χ1) is 14.6. The average molecular weight is 411 g/mol. The van der Waals surface area contributed by atoms with Crippen LogP contribution >= 0.6 is 0 Å². The van der Waals surface area contributed by atoms with Gasteiger partial charge in [0.2, 0.25) is 0 Å². The lowest BCUT2D eigenvalue weighted by molar-refractivity contribution is -0.135. The van der Waals surface area contributed by atoms with Gasteiger partial charge in [-0.05, 0) is 35.9 Å². The zero-order valence-electron chi connectivity index (χ0n) is 17.1. The number of esters is 1. The predicted molar refractivity (Wildman–Crippen MR) is 113 cm³/mol. The molecule has 1 aromatic heterocycles. The first-order valence-corrected chi connectivity index (χ1v) is 9.61. The Balaban J connectivity index is 1.53. The van der Waals surface area contributed by atoms with Gasteiger partial charge in [0, 0.05) is 38.5 Å². The molecule has 8 heteroatoms. The maximum atomic E-state index is 12.6. The summed E-state index contributed by atoms with van der Waals surface area (Å²) in [5.74, 6) is 1.35. The van der Waals surface area contributed by atoms with Crippen LogP contribution in [0.5, 0.6) is 11.5 Å². The Hall–Kier alpha value is -3.55. The van der Waals surface area contributed by atoms with Crippen LogP contribution < -0.4 is 14.4 Å². The van der Waals surface area contributed by atoms with E-state index in [0.717, 1.165) is 24.5 Å². The highest BCUT2D eigenvalue weighted by Gasteiger charge is 2.22. The Kier molecular flexibility index (Phi) is 7.26. The summed E-state index contributed by atoms with van der Waals surface area (Å²) < 4.78 is 15.6. The number of aromatic nitrogens is 1. The van der Waals surface area contributed by atoms with Crippen molar-refractivity contribution in [3.63, 3.8) is 0 Å². The number of carbonyl (C=O) groups is 2. The summed E-state index contributed by atoms with van der Waals surface area (Å²) >= 11 is 0. The summed E-state index contributed by atoms with van der Waals surface area (Å²) in [6.07, 6.45) is 4.71. The molecule has 0 spiro atoms. The van der Waals surface area contributed by atoms with Crippen molar-refractivity contribution < 1.29 is 23.8 Å². The fraction of sp³-hybridized carbons (Fsp3) is 0.318. The van der Waals surface area contributed by atoms with Crippen molar-refractivity contribution in [2.24, 2.45) is 0 Å². The molecule has 2 heterocycles. The normalized spacial score (nSPS) is 13.9. The van der Waals surface area contributed by atoms with Gasteiger partial charge in [0.05, 0.1) is 14.2 Å². The zero-order valence-corrected chi connectivity index (χ0v) is 17.1. The topological polar surface area (TPSA) is 81.2 Å². The van der Waals surface area contributed by atoms with Crippen LogP contribution in [0.15, 0.2) is 48.7 Å². The largest absolute Gasteiger partial charge is 0.493 e. The molecule has 1 aromatic carbocycles. The minimum atomic E-state index is -0.442. The molecule has 3 rings (SSSR count). The number of amides is 1. The van der Waals surface area contributed by atoms with Crippen LogP contribution in [-0.2, 0) is 14.3 Å². The first kappa shape index (κ1) is 21.2. The van der Waals surface area contributed by atoms with E-state index in [1.54, 1.807) is 35.4 Å². The molecule has 1 aliphatic rings. The van der Waals surface area contributed by atoms with E-state index < -0.39 is 5.97 Å². The number of hydrogen-bond acceptors (Lipinski definition) is 7. The number of carbonyl (C=O) groups excluding carboxylic acids is 2. The van der Waals surface area contributed by atoms with Crippen molar-refractivity contribution in [1.82, 2.24) is 9.88 Å². The number of pyridine rings is 1. The Morgan fingerprint density at radius 3 is 2.53 bits per heavy atom. The lowest BCUT2D eigenvalue weighted by atomic mass is 10.2. The highest BCUT2D eigenvalue weighted by Crippen LogP contribution is 2.28. The molecule has 1 amide bonds. The maximum Gasteiger partial charge on any atom is 0.330 e. The summed E-state index contributed by atoms with van der Waals surface area (Å²) in [7, 11) is 2.84. The van der Waals surface area contributed by atoms with E-state index >= 15 is 0 Å². The second kappa shape index (κ2) is 10.3. The van der Waals surface area contributed by atoms with E-state index in [1.165, 1.54) is 20.3 Å². The molecule has 1 fully saturated rings. The molecule has 1 aliphatic heterocycles. The molecular weight excluding hydrogens is 386 g/mol. The van der Waals surface area contributed by atoms with Crippen LogP contribution in [0.3, 0.4) is 0 Å². The van der Waals surface area contributed by atoms with Gasteiger partial charge in [-0.25, -0.2) is 9.78 Å². The second-order valence-corrected chi connectivity index (χ2v) is 6.61. The number of ether oxygens (including phenoxy) is 3. The van der Waals surface area contributed by atoms with E-state index in [-0.39, 0.29) is 12.5 Å². The number of benzene rings is 1. The highest BCUT2D eigenvalue weighted by atomic mass is 16.5. The first-order valence-electron chi connectivity index (χ1n) is 9.61. The second-order valence-electron chi connectivity index (χ2n) is 6.61. The van der Waals surface area contributed by atoms with E-state index in [0.29, 0.717) is 24.6 Å². The molecule has 0 bridgehead atoms. The molecule has 30 heavy (non-hydrogen) atoms. The number of anilines is 1. The van der Waals surface area contributed by atoms with Crippen LogP contribution in [0.2, 0.25) is 0 Å². The van der Waals surface area contributed by atoms with Gasteiger partial charge in [-0.15, -0.1) is 0 Å². The molecule has 0 radical (unpaired) electrons. The van der Waals surface area contributed by atoms with Gasteiger partial charge >= 0.3 is 5.97 Å². The van der Waals surface area contributed by atoms with Crippen LogP contribution in [-0.4, -0.2) is 68.8 Å². The predicted octanol–water partition coefficient (Wildman–Crippen LogP) is 2.00. The Morgan fingerprint density at radius 1 is 1.07 bits per heavy atom. The Labute approximate surface area is 175 Å². The van der Waals surface area contributed by atoms with Crippen LogP contribution in [0.4, 0.5) is 5.82 Å². The van der Waals surface area contributed by atoms with Gasteiger partial charge in [-0.2, -0.15) is 0 Å². The summed E-state index contributed by atoms with van der Waals surface area (Å²) in [6.45, 7) is 2.62. The smallest absolute Gasteiger partial charge is 0.330 e. The molecule has 0 N–H and O–H groups in total. The summed E-state index contributed by atoms with van der Waals surface area (Å²) in [5, 5.41) is 0. The van der Waals surface area contributed by atoms with Gasteiger partial charge in [0.25, 0.3) is 5.91 Å². The van der Waals surface area contributed by atoms with Crippen molar-refractivity contribution in [1.29, 1.82) is 0 Å². The third-order valence-corrected chi connectivity index (χ3v) is 4.76. The number of nitrogens with zero attached hydrogens (tertiary/aromatic N) is 3. The van der Waals surface area contributed by atoms with E-state index in [2.05, 4.69) is 14.6 Å². The molecule has 1 saturated heterocycles. The lowest BCUT2D eigenvalue weighted by Gasteiger charge is -2.35. The summed E-state index contributed by atoms with van der Waals surface area (Å²) in [5.41, 5.74) is 0.751. The Bertz CT molecular complexity index is 893. The van der Waals surface area contributed by atoms with Gasteiger partial charge < -0.3 is 24.0 Å². The minimum Gasteiger partial charge on any atom is -0.493 e. The molecule has 0 saturated carbocycles. The monoisotopic (exact) mass is 411 g/mol. The molecule has 0 atom stereocenters. The van der Waals surface area contributed by atoms with Crippen molar-refractivity contribution >= 4 is 23.8 Å². The van der Waals surface area contributed by atoms with E-state index in [9.17, 15) is 9.59 Å². The quantitative estimate of drug-likeness (QED) is 0.509. The van der Waals surface area contributed by atoms with Crippen LogP contribution in [0, 0.1) is 0 Å². The van der Waals surface area contributed by atoms with Crippen molar-refractivity contribution in [3.05, 3.63) is 54.2 Å². The number of piperazine rings is 1. The van der Waals surface area contributed by atoms with Crippen molar-refractivity contribution in [3.8, 4) is 11.5 Å². The van der Waals surface area contributed by atoms with E-state index in [1.807, 2.05) is 18.2 Å². The zero-order chi connectivity index (χ0) is 21.3. The number of rotatable bonds is 7. The molecule has 158 valence electrons. The summed E-state index contributed by atoms with van der Waals surface area (Å²) in [4.78, 5) is 32.1.